The molecule has 0 unspecified atom stereocenters. The molecule has 2 aromatic carbocycles. The Hall–Kier alpha value is -2.62. The average Bonchev–Trinajstić information content (AvgIpc) is 2.84. The Bertz CT molecular complexity index is 792. The Morgan fingerprint density at radius 3 is 2.70 bits per heavy atom. The Morgan fingerprint density at radius 1 is 1.10 bits per heavy atom. The van der Waals surface area contributed by atoms with Gasteiger partial charge in [0.1, 0.15) is 5.82 Å². The van der Waals surface area contributed by atoms with Crippen LogP contribution >= 0.6 is 0 Å². The first-order valence-corrected chi connectivity index (χ1v) is 6.28. The molecule has 0 spiro atoms. The summed E-state index contributed by atoms with van der Waals surface area (Å²) < 4.78 is 15.6. The Balaban J connectivity index is 2.06. The van der Waals surface area contributed by atoms with Crippen LogP contribution in [0.25, 0.3) is 10.9 Å². The van der Waals surface area contributed by atoms with E-state index in [0.29, 0.717) is 17.5 Å². The maximum Gasteiger partial charge on any atom is 0.249 e. The van der Waals surface area contributed by atoms with Crippen molar-refractivity contribution in [3.63, 3.8) is 0 Å². The minimum atomic E-state index is -0.455. The SMILES string of the molecule is NC(=O)c1ccccc1Cn1ccc2c(F)cccc21. The summed E-state index contributed by atoms with van der Waals surface area (Å²) in [5, 5.41) is 0.573. The number of hydrogen-bond acceptors (Lipinski definition) is 1. The quantitative estimate of drug-likeness (QED) is 0.780. The van der Waals surface area contributed by atoms with Crippen LogP contribution in [0.2, 0.25) is 0 Å². The molecule has 0 aliphatic rings. The van der Waals surface area contributed by atoms with Gasteiger partial charge in [-0.3, -0.25) is 4.79 Å². The first-order valence-electron chi connectivity index (χ1n) is 6.28. The summed E-state index contributed by atoms with van der Waals surface area (Å²) in [6.07, 6.45) is 1.81. The summed E-state index contributed by atoms with van der Waals surface area (Å²) in [6.45, 7) is 0.478. The Morgan fingerprint density at radius 2 is 1.90 bits per heavy atom. The molecule has 100 valence electrons. The number of halogens is 1. The van der Waals surface area contributed by atoms with Crippen LogP contribution in [-0.4, -0.2) is 10.5 Å². The summed E-state index contributed by atoms with van der Waals surface area (Å²) in [5.74, 6) is -0.701. The smallest absolute Gasteiger partial charge is 0.249 e. The van der Waals surface area contributed by atoms with Crippen LogP contribution in [0.3, 0.4) is 0 Å². The predicted octanol–water partition coefficient (Wildman–Crippen LogP) is 2.93. The zero-order valence-electron chi connectivity index (χ0n) is 10.7. The fourth-order valence-electron chi connectivity index (χ4n) is 2.41. The van der Waals surface area contributed by atoms with E-state index in [1.54, 1.807) is 24.3 Å². The van der Waals surface area contributed by atoms with E-state index in [0.717, 1.165) is 11.1 Å². The van der Waals surface area contributed by atoms with Gasteiger partial charge in [-0.05, 0) is 29.8 Å². The second-order valence-electron chi connectivity index (χ2n) is 4.64. The first kappa shape index (κ1) is 12.4. The minimum absolute atomic E-state index is 0.246. The molecule has 0 radical (unpaired) electrons. The number of fused-ring (bicyclic) bond motifs is 1. The molecular formula is C16H13FN2O. The molecule has 0 atom stereocenters. The number of nitrogens with zero attached hydrogens (tertiary/aromatic N) is 1. The van der Waals surface area contributed by atoms with Crippen LogP contribution in [0.1, 0.15) is 15.9 Å². The third kappa shape index (κ3) is 2.05. The van der Waals surface area contributed by atoms with Crippen LogP contribution in [-0.2, 0) is 6.54 Å². The largest absolute Gasteiger partial charge is 0.366 e. The highest BCUT2D eigenvalue weighted by atomic mass is 19.1. The molecule has 0 aliphatic heterocycles. The lowest BCUT2D eigenvalue weighted by atomic mass is 10.1. The molecule has 0 bridgehead atoms. The average molecular weight is 268 g/mol. The van der Waals surface area contributed by atoms with Crippen molar-refractivity contribution in [2.75, 3.05) is 0 Å². The number of primary amides is 1. The second-order valence-corrected chi connectivity index (χ2v) is 4.64. The van der Waals surface area contributed by atoms with Crippen LogP contribution in [0.4, 0.5) is 4.39 Å². The molecule has 0 fully saturated rings. The third-order valence-corrected chi connectivity index (χ3v) is 3.38. The van der Waals surface area contributed by atoms with Crippen molar-refractivity contribution in [1.82, 2.24) is 4.57 Å². The molecular weight excluding hydrogens is 255 g/mol. The molecule has 20 heavy (non-hydrogen) atoms. The fourth-order valence-corrected chi connectivity index (χ4v) is 2.41. The molecule has 4 heteroatoms. The van der Waals surface area contributed by atoms with E-state index >= 15 is 0 Å². The normalized spacial score (nSPS) is 10.8. The lowest BCUT2D eigenvalue weighted by Gasteiger charge is -2.09. The number of carbonyl (C=O) groups excluding carboxylic acids is 1. The molecule has 2 N–H and O–H groups in total. The van der Waals surface area contributed by atoms with Crippen LogP contribution in [0.15, 0.2) is 54.7 Å². The van der Waals surface area contributed by atoms with Gasteiger partial charge < -0.3 is 10.3 Å². The first-order chi connectivity index (χ1) is 9.66. The van der Waals surface area contributed by atoms with E-state index in [1.165, 1.54) is 6.07 Å². The van der Waals surface area contributed by atoms with Gasteiger partial charge in [-0.1, -0.05) is 24.3 Å². The molecule has 0 saturated carbocycles. The molecule has 0 saturated heterocycles. The Kier molecular flexibility index (Phi) is 2.99. The fraction of sp³-hybridized carbons (Fsp3) is 0.0625. The number of carbonyl (C=O) groups is 1. The van der Waals surface area contributed by atoms with Crippen molar-refractivity contribution in [3.8, 4) is 0 Å². The van der Waals surface area contributed by atoms with Crippen molar-refractivity contribution in [1.29, 1.82) is 0 Å². The number of nitrogens with two attached hydrogens (primary N) is 1. The molecule has 0 aliphatic carbocycles. The number of aromatic nitrogens is 1. The topological polar surface area (TPSA) is 48.0 Å². The van der Waals surface area contributed by atoms with E-state index in [2.05, 4.69) is 0 Å². The van der Waals surface area contributed by atoms with E-state index in [4.69, 9.17) is 5.73 Å². The van der Waals surface area contributed by atoms with Crippen LogP contribution < -0.4 is 5.73 Å². The summed E-state index contributed by atoms with van der Waals surface area (Å²) >= 11 is 0. The molecule has 1 amide bonds. The van der Waals surface area contributed by atoms with Gasteiger partial charge in [0, 0.05) is 23.7 Å². The van der Waals surface area contributed by atoms with Crippen LogP contribution in [0, 0.1) is 5.82 Å². The zero-order chi connectivity index (χ0) is 14.1. The number of benzene rings is 2. The van der Waals surface area contributed by atoms with E-state index in [9.17, 15) is 9.18 Å². The highest BCUT2D eigenvalue weighted by Gasteiger charge is 2.10. The summed E-state index contributed by atoms with van der Waals surface area (Å²) in [6, 6.07) is 13.9. The number of hydrogen-bond donors (Lipinski definition) is 1. The van der Waals surface area contributed by atoms with Gasteiger partial charge in [-0.2, -0.15) is 0 Å². The lowest BCUT2D eigenvalue weighted by molar-refractivity contribution is 0.0999. The van der Waals surface area contributed by atoms with Gasteiger partial charge in [0.2, 0.25) is 5.91 Å². The van der Waals surface area contributed by atoms with Gasteiger partial charge in [0.15, 0.2) is 0 Å². The monoisotopic (exact) mass is 268 g/mol. The second kappa shape index (κ2) is 4.81. The molecule has 1 heterocycles. The van der Waals surface area contributed by atoms with Crippen molar-refractivity contribution in [3.05, 3.63) is 71.7 Å². The molecule has 1 aromatic heterocycles. The molecule has 3 nitrogen and oxygen atoms in total. The number of amides is 1. The highest BCUT2D eigenvalue weighted by molar-refractivity contribution is 5.94. The van der Waals surface area contributed by atoms with Crippen molar-refractivity contribution < 1.29 is 9.18 Å². The highest BCUT2D eigenvalue weighted by Crippen LogP contribution is 2.21. The Labute approximate surface area is 115 Å². The van der Waals surface area contributed by atoms with Gasteiger partial charge in [-0.15, -0.1) is 0 Å². The lowest BCUT2D eigenvalue weighted by Crippen LogP contribution is -2.14. The van der Waals surface area contributed by atoms with E-state index < -0.39 is 5.91 Å². The third-order valence-electron chi connectivity index (χ3n) is 3.38. The maximum absolute atomic E-state index is 13.7. The molecule has 3 aromatic rings. The van der Waals surface area contributed by atoms with Crippen molar-refractivity contribution in [2.45, 2.75) is 6.54 Å². The number of rotatable bonds is 3. The standard InChI is InChI=1S/C16H13FN2O/c17-14-6-3-7-15-13(14)8-9-19(15)10-11-4-1-2-5-12(11)16(18)20/h1-9H,10H2,(H2,18,20). The van der Waals surface area contributed by atoms with Gasteiger partial charge in [-0.25, -0.2) is 4.39 Å². The van der Waals surface area contributed by atoms with Gasteiger partial charge >= 0.3 is 0 Å². The van der Waals surface area contributed by atoms with Crippen molar-refractivity contribution in [2.24, 2.45) is 5.73 Å². The van der Waals surface area contributed by atoms with E-state index in [1.807, 2.05) is 29.0 Å². The van der Waals surface area contributed by atoms with Gasteiger partial charge in [0.25, 0.3) is 0 Å². The summed E-state index contributed by atoms with van der Waals surface area (Å²) in [5.41, 5.74) is 7.48. The van der Waals surface area contributed by atoms with E-state index in [-0.39, 0.29) is 5.82 Å². The van der Waals surface area contributed by atoms with Gasteiger partial charge in [0.05, 0.1) is 5.52 Å². The predicted molar refractivity (Wildman–Crippen MR) is 76.0 cm³/mol. The summed E-state index contributed by atoms with van der Waals surface area (Å²) in [4.78, 5) is 11.4. The summed E-state index contributed by atoms with van der Waals surface area (Å²) in [7, 11) is 0. The van der Waals surface area contributed by atoms with Crippen LogP contribution in [0.5, 0.6) is 0 Å². The zero-order valence-corrected chi connectivity index (χ0v) is 10.7. The maximum atomic E-state index is 13.7. The molecule has 3 rings (SSSR count). The van der Waals surface area contributed by atoms with Crippen molar-refractivity contribution >= 4 is 16.8 Å². The minimum Gasteiger partial charge on any atom is -0.366 e.